The molecule has 0 bridgehead atoms. The maximum atomic E-state index is 13.4. The van der Waals surface area contributed by atoms with E-state index in [0.717, 1.165) is 56.2 Å². The molecule has 3 heterocycles. The number of fused-ring (bicyclic) bond motifs is 1. The van der Waals surface area contributed by atoms with Gasteiger partial charge in [0.25, 0.3) is 5.92 Å². The van der Waals surface area contributed by atoms with Gasteiger partial charge in [-0.25, -0.2) is 8.78 Å². The first-order valence-electron chi connectivity index (χ1n) is 10.8. The highest BCUT2D eigenvalue weighted by molar-refractivity contribution is 5.78. The summed E-state index contributed by atoms with van der Waals surface area (Å²) in [6.07, 6.45) is 5.02. The number of ether oxygens (including phenoxy) is 1. The van der Waals surface area contributed by atoms with E-state index in [4.69, 9.17) is 4.74 Å². The zero-order valence-corrected chi connectivity index (χ0v) is 17.1. The number of halogens is 2. The third-order valence-electron chi connectivity index (χ3n) is 6.38. The Morgan fingerprint density at radius 2 is 1.70 bits per heavy atom. The van der Waals surface area contributed by atoms with Gasteiger partial charge in [-0.1, -0.05) is 23.8 Å². The van der Waals surface area contributed by atoms with Crippen molar-refractivity contribution in [1.29, 1.82) is 0 Å². The predicted molar refractivity (Wildman–Crippen MR) is 115 cm³/mol. The molecule has 6 heteroatoms. The molecule has 1 aliphatic carbocycles. The maximum Gasteiger partial charge on any atom is 0.251 e. The molecular formula is C24H27F2N3O. The van der Waals surface area contributed by atoms with E-state index in [-0.39, 0.29) is 12.8 Å². The number of benzene rings is 1. The van der Waals surface area contributed by atoms with Crippen LogP contribution in [0.2, 0.25) is 0 Å². The van der Waals surface area contributed by atoms with Crippen molar-refractivity contribution in [2.75, 3.05) is 50.8 Å². The molecule has 2 aromatic rings. The van der Waals surface area contributed by atoms with Crippen LogP contribution < -0.4 is 4.90 Å². The van der Waals surface area contributed by atoms with Crippen LogP contribution in [0.1, 0.15) is 24.0 Å². The number of hydrogen-bond donors (Lipinski definition) is 0. The van der Waals surface area contributed by atoms with Gasteiger partial charge in [-0.2, -0.15) is 0 Å². The third kappa shape index (κ3) is 4.12. The van der Waals surface area contributed by atoms with Crippen LogP contribution in [0.3, 0.4) is 0 Å². The Balaban J connectivity index is 1.33. The molecule has 158 valence electrons. The molecule has 30 heavy (non-hydrogen) atoms. The van der Waals surface area contributed by atoms with Crippen molar-refractivity contribution in [3.05, 3.63) is 53.2 Å². The molecule has 0 atom stereocenters. The maximum absolute atomic E-state index is 13.4. The van der Waals surface area contributed by atoms with Crippen molar-refractivity contribution in [3.8, 4) is 11.3 Å². The van der Waals surface area contributed by atoms with Gasteiger partial charge >= 0.3 is 0 Å². The smallest absolute Gasteiger partial charge is 0.251 e. The van der Waals surface area contributed by atoms with Gasteiger partial charge in [0.2, 0.25) is 0 Å². The van der Waals surface area contributed by atoms with Crippen LogP contribution in [0, 0.1) is 0 Å². The minimum Gasteiger partial charge on any atom is -0.379 e. The zero-order valence-electron chi connectivity index (χ0n) is 17.1. The van der Waals surface area contributed by atoms with Crippen LogP contribution in [0.15, 0.2) is 42.1 Å². The van der Waals surface area contributed by atoms with E-state index in [1.165, 1.54) is 16.7 Å². The fourth-order valence-electron chi connectivity index (χ4n) is 4.63. The second-order valence-electron chi connectivity index (χ2n) is 8.49. The SMILES string of the molecule is FC1(F)CCN(c2ccc(-c3nccc4c3C=C(CN3CCOCC3)C4)cc2)CC1. The average molecular weight is 411 g/mol. The third-order valence-corrected chi connectivity index (χ3v) is 6.38. The molecule has 0 amide bonds. The average Bonchev–Trinajstić information content (AvgIpc) is 3.17. The molecular weight excluding hydrogens is 384 g/mol. The number of morpholine rings is 1. The fraction of sp³-hybridized carbons (Fsp3) is 0.458. The number of piperidine rings is 1. The molecule has 0 radical (unpaired) electrons. The molecule has 2 saturated heterocycles. The predicted octanol–water partition coefficient (Wildman–Crippen LogP) is 4.26. The standard InChI is InChI=1S/C24H27F2N3O/c25-24(26)6-9-29(10-7-24)21-3-1-19(2-4-21)23-22-16-18(15-20(22)5-8-27-23)17-28-11-13-30-14-12-28/h1-5,8,16H,6-7,9-15,17H2. The number of alkyl halides is 2. The Labute approximate surface area is 176 Å². The first-order chi connectivity index (χ1) is 14.6. The number of hydrogen-bond acceptors (Lipinski definition) is 4. The lowest BCUT2D eigenvalue weighted by Crippen LogP contribution is -2.39. The van der Waals surface area contributed by atoms with Crippen molar-refractivity contribution in [3.63, 3.8) is 0 Å². The normalized spacial score (nSPS) is 21.4. The minimum atomic E-state index is -2.52. The van der Waals surface area contributed by atoms with Crippen molar-refractivity contribution < 1.29 is 13.5 Å². The van der Waals surface area contributed by atoms with Gasteiger partial charge in [0.15, 0.2) is 0 Å². The minimum absolute atomic E-state index is 0.0702. The second-order valence-corrected chi connectivity index (χ2v) is 8.49. The van der Waals surface area contributed by atoms with Crippen LogP contribution in [0.4, 0.5) is 14.5 Å². The van der Waals surface area contributed by atoms with Gasteiger partial charge in [-0.05, 0) is 30.2 Å². The van der Waals surface area contributed by atoms with Crippen LogP contribution in [-0.4, -0.2) is 61.7 Å². The van der Waals surface area contributed by atoms with E-state index >= 15 is 0 Å². The highest BCUT2D eigenvalue weighted by Crippen LogP contribution is 2.35. The van der Waals surface area contributed by atoms with E-state index in [1.54, 1.807) is 0 Å². The summed E-state index contributed by atoms with van der Waals surface area (Å²) in [6.45, 7) is 5.39. The molecule has 0 spiro atoms. The Hall–Kier alpha value is -2.31. The second kappa shape index (κ2) is 8.08. The molecule has 1 aromatic heterocycles. The number of nitrogens with zero attached hydrogens (tertiary/aromatic N) is 3. The molecule has 2 aliphatic heterocycles. The zero-order chi connectivity index (χ0) is 20.6. The van der Waals surface area contributed by atoms with Gasteiger partial charge in [0.05, 0.1) is 18.9 Å². The summed E-state index contributed by atoms with van der Waals surface area (Å²) in [5, 5.41) is 0. The first kappa shape index (κ1) is 19.6. The number of aromatic nitrogens is 1. The lowest BCUT2D eigenvalue weighted by molar-refractivity contribution is -0.0220. The highest BCUT2D eigenvalue weighted by Gasteiger charge is 2.34. The topological polar surface area (TPSA) is 28.6 Å². The van der Waals surface area contributed by atoms with Gasteiger partial charge in [0.1, 0.15) is 0 Å². The monoisotopic (exact) mass is 411 g/mol. The number of rotatable bonds is 4. The molecule has 1 aromatic carbocycles. The molecule has 0 unspecified atom stereocenters. The van der Waals surface area contributed by atoms with Gasteiger partial charge in [0, 0.05) is 68.6 Å². The van der Waals surface area contributed by atoms with Crippen molar-refractivity contribution >= 4 is 11.8 Å². The summed E-state index contributed by atoms with van der Waals surface area (Å²) in [5.74, 6) is -2.52. The van der Waals surface area contributed by atoms with Crippen molar-refractivity contribution in [2.45, 2.75) is 25.2 Å². The molecule has 0 saturated carbocycles. The molecule has 4 nitrogen and oxygen atoms in total. The van der Waals surface area contributed by atoms with Gasteiger partial charge < -0.3 is 9.64 Å². The fourth-order valence-corrected chi connectivity index (χ4v) is 4.63. The quantitative estimate of drug-likeness (QED) is 0.752. The summed E-state index contributed by atoms with van der Waals surface area (Å²) in [5.41, 5.74) is 7.04. The van der Waals surface area contributed by atoms with E-state index < -0.39 is 5.92 Å². The van der Waals surface area contributed by atoms with Gasteiger partial charge in [-0.3, -0.25) is 9.88 Å². The molecule has 0 N–H and O–H groups in total. The Morgan fingerprint density at radius 1 is 0.967 bits per heavy atom. The van der Waals surface area contributed by atoms with Crippen molar-refractivity contribution in [1.82, 2.24) is 9.88 Å². The summed E-state index contributed by atoms with van der Waals surface area (Å²) in [4.78, 5) is 9.17. The highest BCUT2D eigenvalue weighted by atomic mass is 19.3. The van der Waals surface area contributed by atoms with Crippen molar-refractivity contribution in [2.24, 2.45) is 0 Å². The summed E-state index contributed by atoms with van der Waals surface area (Å²) < 4.78 is 32.3. The molecule has 2 fully saturated rings. The Kier molecular flexibility index (Phi) is 5.29. The Bertz CT molecular complexity index is 926. The van der Waals surface area contributed by atoms with Crippen LogP contribution >= 0.6 is 0 Å². The summed E-state index contributed by atoms with van der Waals surface area (Å²) >= 11 is 0. The molecule has 3 aliphatic rings. The molecule has 5 rings (SSSR count). The van der Waals surface area contributed by atoms with E-state index in [0.29, 0.717) is 13.1 Å². The van der Waals surface area contributed by atoms with Crippen LogP contribution in [0.25, 0.3) is 17.3 Å². The first-order valence-corrected chi connectivity index (χ1v) is 10.8. The number of pyridine rings is 1. The lowest BCUT2D eigenvalue weighted by Gasteiger charge is -2.33. The largest absolute Gasteiger partial charge is 0.379 e. The van der Waals surface area contributed by atoms with Crippen LogP contribution in [-0.2, 0) is 11.2 Å². The Morgan fingerprint density at radius 3 is 2.43 bits per heavy atom. The van der Waals surface area contributed by atoms with Gasteiger partial charge in [-0.15, -0.1) is 0 Å². The van der Waals surface area contributed by atoms with E-state index in [9.17, 15) is 8.78 Å². The summed E-state index contributed by atoms with van der Waals surface area (Å²) in [6, 6.07) is 10.3. The van der Waals surface area contributed by atoms with E-state index in [1.807, 2.05) is 23.2 Å². The summed E-state index contributed by atoms with van der Waals surface area (Å²) in [7, 11) is 0. The number of anilines is 1. The van der Waals surface area contributed by atoms with Crippen LogP contribution in [0.5, 0.6) is 0 Å². The van der Waals surface area contributed by atoms with E-state index in [2.05, 4.69) is 34.2 Å². The lowest BCUT2D eigenvalue weighted by atomic mass is 10.0.